The van der Waals surface area contributed by atoms with Crippen LogP contribution in [0.4, 0.5) is 11.4 Å². The summed E-state index contributed by atoms with van der Waals surface area (Å²) in [6, 6.07) is 21.6. The van der Waals surface area contributed by atoms with Gasteiger partial charge in [-0.3, -0.25) is 9.78 Å². The first-order chi connectivity index (χ1) is 14.7. The van der Waals surface area contributed by atoms with E-state index in [1.54, 1.807) is 13.3 Å². The van der Waals surface area contributed by atoms with Crippen molar-refractivity contribution in [2.24, 2.45) is 0 Å². The molecule has 2 heterocycles. The van der Waals surface area contributed by atoms with Gasteiger partial charge in [0.2, 0.25) is 0 Å². The molecule has 1 aliphatic heterocycles. The number of fused-ring (bicyclic) bond motifs is 1. The molecule has 5 rings (SSSR count). The van der Waals surface area contributed by atoms with Crippen molar-refractivity contribution in [3.8, 4) is 5.75 Å². The Morgan fingerprint density at radius 3 is 2.60 bits per heavy atom. The molecular formula is C25H23N3O2. The first-order valence-electron chi connectivity index (χ1n) is 10.2. The monoisotopic (exact) mass is 397 g/mol. The van der Waals surface area contributed by atoms with E-state index in [1.807, 2.05) is 60.7 Å². The smallest absolute Gasteiger partial charge is 0.163 e. The van der Waals surface area contributed by atoms with Crippen molar-refractivity contribution in [2.75, 3.05) is 17.7 Å². The van der Waals surface area contributed by atoms with E-state index in [-0.39, 0.29) is 17.7 Å². The van der Waals surface area contributed by atoms with Gasteiger partial charge in [0.05, 0.1) is 30.2 Å². The van der Waals surface area contributed by atoms with Crippen LogP contribution < -0.4 is 15.4 Å². The van der Waals surface area contributed by atoms with Crippen LogP contribution in [-0.2, 0) is 4.79 Å². The van der Waals surface area contributed by atoms with Crippen LogP contribution in [0.5, 0.6) is 5.75 Å². The van der Waals surface area contributed by atoms with E-state index < -0.39 is 0 Å². The summed E-state index contributed by atoms with van der Waals surface area (Å²) in [5.41, 5.74) is 5.65. The van der Waals surface area contributed by atoms with Crippen molar-refractivity contribution < 1.29 is 9.53 Å². The molecule has 2 N–H and O–H groups in total. The van der Waals surface area contributed by atoms with Gasteiger partial charge in [-0.25, -0.2) is 0 Å². The van der Waals surface area contributed by atoms with Crippen LogP contribution in [0.15, 0.2) is 84.2 Å². The summed E-state index contributed by atoms with van der Waals surface area (Å²) in [5.74, 6) is 1.06. The van der Waals surface area contributed by atoms with Gasteiger partial charge in [0.15, 0.2) is 5.78 Å². The topological polar surface area (TPSA) is 63.2 Å². The van der Waals surface area contributed by atoms with Gasteiger partial charge >= 0.3 is 0 Å². The van der Waals surface area contributed by atoms with E-state index in [0.717, 1.165) is 46.1 Å². The highest BCUT2D eigenvalue weighted by Gasteiger charge is 2.36. The molecule has 0 spiro atoms. The Labute approximate surface area is 175 Å². The maximum atomic E-state index is 13.5. The quantitative estimate of drug-likeness (QED) is 0.646. The number of rotatable bonds is 3. The number of pyridine rings is 1. The average molecular weight is 397 g/mol. The predicted octanol–water partition coefficient (Wildman–Crippen LogP) is 5.07. The number of methoxy groups -OCH3 is 1. The highest BCUT2D eigenvalue weighted by atomic mass is 16.5. The number of carbonyl (C=O) groups excluding carboxylic acids is 1. The van der Waals surface area contributed by atoms with E-state index in [1.165, 1.54) is 0 Å². The molecule has 1 aromatic heterocycles. The number of hydrogen-bond acceptors (Lipinski definition) is 5. The molecule has 5 nitrogen and oxygen atoms in total. The zero-order valence-electron chi connectivity index (χ0n) is 16.8. The summed E-state index contributed by atoms with van der Waals surface area (Å²) in [6.07, 6.45) is 3.00. The van der Waals surface area contributed by atoms with Crippen LogP contribution in [0.3, 0.4) is 0 Å². The third-order valence-electron chi connectivity index (χ3n) is 5.86. The minimum absolute atomic E-state index is 0.105. The molecule has 2 aromatic carbocycles. The first kappa shape index (κ1) is 18.4. The van der Waals surface area contributed by atoms with Gasteiger partial charge in [-0.1, -0.05) is 30.3 Å². The number of ketones is 1. The van der Waals surface area contributed by atoms with Gasteiger partial charge in [0.25, 0.3) is 0 Å². The fourth-order valence-corrected chi connectivity index (χ4v) is 4.39. The van der Waals surface area contributed by atoms with Crippen molar-refractivity contribution in [3.63, 3.8) is 0 Å². The number of carbonyl (C=O) groups is 1. The Morgan fingerprint density at radius 1 is 0.967 bits per heavy atom. The van der Waals surface area contributed by atoms with Crippen molar-refractivity contribution in [2.45, 2.75) is 24.8 Å². The lowest BCUT2D eigenvalue weighted by atomic mass is 9.79. The standard InChI is InChI=1S/C25H23N3O2/c1-30-18-8-6-7-16(13-18)17-14-22-24(23(29)15-17)25(21-11-4-5-12-26-21)28-20-10-3-2-9-19(20)27-22/h2-13,17,25,27-28H,14-15H2,1H3. The largest absolute Gasteiger partial charge is 0.497 e. The predicted molar refractivity (Wildman–Crippen MR) is 118 cm³/mol. The first-order valence-corrected chi connectivity index (χ1v) is 10.2. The number of benzene rings is 2. The summed E-state index contributed by atoms with van der Waals surface area (Å²) < 4.78 is 5.39. The number of nitrogens with zero attached hydrogens (tertiary/aromatic N) is 1. The molecule has 0 fully saturated rings. The molecule has 150 valence electrons. The number of anilines is 2. The lowest BCUT2D eigenvalue weighted by molar-refractivity contribution is -0.116. The molecule has 0 saturated carbocycles. The summed E-state index contributed by atoms with van der Waals surface area (Å²) in [4.78, 5) is 18.0. The summed E-state index contributed by atoms with van der Waals surface area (Å²) >= 11 is 0. The van der Waals surface area contributed by atoms with Crippen LogP contribution in [-0.4, -0.2) is 17.9 Å². The zero-order chi connectivity index (χ0) is 20.5. The van der Waals surface area contributed by atoms with Gasteiger partial charge < -0.3 is 15.4 Å². The summed E-state index contributed by atoms with van der Waals surface area (Å²) in [7, 11) is 1.67. The van der Waals surface area contributed by atoms with Crippen molar-refractivity contribution in [3.05, 3.63) is 95.5 Å². The third-order valence-corrected chi connectivity index (χ3v) is 5.86. The van der Waals surface area contributed by atoms with Crippen molar-refractivity contribution in [1.82, 2.24) is 4.98 Å². The van der Waals surface area contributed by atoms with E-state index in [9.17, 15) is 4.79 Å². The Bertz CT molecular complexity index is 1120. The number of aromatic nitrogens is 1. The number of Topliss-reactive ketones (excluding diaryl/α,β-unsaturated/α-hetero) is 1. The molecule has 2 aliphatic rings. The van der Waals surface area contributed by atoms with Crippen LogP contribution in [0, 0.1) is 0 Å². The van der Waals surface area contributed by atoms with Gasteiger partial charge in [-0.2, -0.15) is 0 Å². The van der Waals surface area contributed by atoms with Crippen LogP contribution in [0.25, 0.3) is 0 Å². The summed E-state index contributed by atoms with van der Waals surface area (Å²) in [6.45, 7) is 0. The van der Waals surface area contributed by atoms with Gasteiger partial charge in [0.1, 0.15) is 5.75 Å². The van der Waals surface area contributed by atoms with Gasteiger partial charge in [-0.05, 0) is 54.3 Å². The second kappa shape index (κ2) is 7.67. The second-order valence-electron chi connectivity index (χ2n) is 7.70. The minimum atomic E-state index is -0.281. The number of para-hydroxylation sites is 2. The lowest BCUT2D eigenvalue weighted by Gasteiger charge is -2.29. The Balaban J connectivity index is 1.59. The maximum Gasteiger partial charge on any atom is 0.163 e. The Morgan fingerprint density at radius 2 is 1.80 bits per heavy atom. The number of allylic oxidation sites excluding steroid dienone is 1. The van der Waals surface area contributed by atoms with Crippen molar-refractivity contribution in [1.29, 1.82) is 0 Å². The second-order valence-corrected chi connectivity index (χ2v) is 7.70. The number of hydrogen-bond donors (Lipinski definition) is 2. The maximum absolute atomic E-state index is 13.5. The molecule has 0 radical (unpaired) electrons. The third kappa shape index (κ3) is 3.32. The van der Waals surface area contributed by atoms with Gasteiger partial charge in [0, 0.05) is 23.9 Å². The average Bonchev–Trinajstić information content (AvgIpc) is 2.96. The van der Waals surface area contributed by atoms with Crippen LogP contribution in [0.1, 0.15) is 36.1 Å². The molecule has 1 aliphatic carbocycles. The van der Waals surface area contributed by atoms with E-state index in [2.05, 4.69) is 21.7 Å². The molecule has 0 saturated heterocycles. The van der Waals surface area contributed by atoms with Gasteiger partial charge in [-0.15, -0.1) is 0 Å². The molecule has 5 heteroatoms. The molecular weight excluding hydrogens is 374 g/mol. The fraction of sp³-hybridized carbons (Fsp3) is 0.200. The van der Waals surface area contributed by atoms with E-state index in [4.69, 9.17) is 4.74 Å². The molecule has 0 amide bonds. The van der Waals surface area contributed by atoms with E-state index in [0.29, 0.717) is 6.42 Å². The molecule has 2 atom stereocenters. The molecule has 2 unspecified atom stereocenters. The van der Waals surface area contributed by atoms with E-state index >= 15 is 0 Å². The lowest BCUT2D eigenvalue weighted by Crippen LogP contribution is -2.27. The van der Waals surface area contributed by atoms with Crippen molar-refractivity contribution >= 4 is 17.2 Å². The normalized spacial score (nSPS) is 20.4. The minimum Gasteiger partial charge on any atom is -0.497 e. The zero-order valence-corrected chi connectivity index (χ0v) is 16.8. The molecule has 3 aromatic rings. The molecule has 30 heavy (non-hydrogen) atoms. The molecule has 0 bridgehead atoms. The number of nitrogens with one attached hydrogen (secondary N) is 2. The Kier molecular flexibility index (Phi) is 4.71. The van der Waals surface area contributed by atoms with Crippen LogP contribution in [0.2, 0.25) is 0 Å². The summed E-state index contributed by atoms with van der Waals surface area (Å²) in [5, 5.41) is 7.11. The SMILES string of the molecule is COc1cccc(C2CC(=O)C3=C(C2)Nc2ccccc2NC3c2ccccn2)c1. The highest BCUT2D eigenvalue weighted by Crippen LogP contribution is 2.44. The highest BCUT2D eigenvalue weighted by molar-refractivity contribution is 6.01. The van der Waals surface area contributed by atoms with Crippen LogP contribution >= 0.6 is 0 Å². The Hall–Kier alpha value is -3.60. The fourth-order valence-electron chi connectivity index (χ4n) is 4.39. The number of ether oxygens (including phenoxy) is 1.